The Morgan fingerprint density at radius 2 is 1.71 bits per heavy atom. The molecule has 2 aromatic carbocycles. The highest BCUT2D eigenvalue weighted by Gasteiger charge is 2.02. The highest BCUT2D eigenvalue weighted by atomic mass is 79.9. The Labute approximate surface area is 117 Å². The molecule has 0 fully saturated rings. The zero-order valence-corrected chi connectivity index (χ0v) is 11.3. The first-order chi connectivity index (χ1) is 7.65. The lowest BCUT2D eigenvalue weighted by Crippen LogP contribution is -1.89. The van der Waals surface area contributed by atoms with E-state index in [1.54, 1.807) is 0 Å². The topological polar surface area (TPSA) is 0 Å². The second kappa shape index (κ2) is 6.23. The van der Waals surface area contributed by atoms with Crippen molar-refractivity contribution in [1.29, 1.82) is 0 Å². The molecule has 0 aliphatic heterocycles. The molecule has 2 rings (SSSR count). The molecular weight excluding hydrogens is 296 g/mol. The highest BCUT2D eigenvalue weighted by Crippen LogP contribution is 2.23. The standard InChI is InChI=1S/C14H12BrCl.CH4/c1-10-2-4-11(5-3-10)8-12-9-13(15)6-7-14(12)16;/h2-7,9H,8H2,1H3;1H4. The van der Waals surface area contributed by atoms with E-state index in [2.05, 4.69) is 53.2 Å². The molecule has 0 atom stereocenters. The van der Waals surface area contributed by atoms with E-state index in [1.165, 1.54) is 11.1 Å². The van der Waals surface area contributed by atoms with Gasteiger partial charge in [0.25, 0.3) is 0 Å². The molecule has 0 heterocycles. The van der Waals surface area contributed by atoms with Crippen LogP contribution in [0.3, 0.4) is 0 Å². The first kappa shape index (κ1) is 14.3. The van der Waals surface area contributed by atoms with E-state index in [0.29, 0.717) is 0 Å². The molecule has 0 amide bonds. The van der Waals surface area contributed by atoms with Crippen LogP contribution >= 0.6 is 27.5 Å². The second-order valence-electron chi connectivity index (χ2n) is 3.90. The van der Waals surface area contributed by atoms with Crippen molar-refractivity contribution >= 4 is 27.5 Å². The largest absolute Gasteiger partial charge is 0.0840 e. The molecule has 0 saturated heterocycles. The van der Waals surface area contributed by atoms with Crippen molar-refractivity contribution in [1.82, 2.24) is 0 Å². The van der Waals surface area contributed by atoms with Crippen molar-refractivity contribution < 1.29 is 0 Å². The molecule has 0 aliphatic rings. The molecule has 0 nitrogen and oxygen atoms in total. The Morgan fingerprint density at radius 3 is 2.35 bits per heavy atom. The summed E-state index contributed by atoms with van der Waals surface area (Å²) in [6.07, 6.45) is 0.874. The Hall–Kier alpha value is -0.790. The average molecular weight is 312 g/mol. The fourth-order valence-corrected chi connectivity index (χ4v) is 2.20. The number of hydrogen-bond acceptors (Lipinski definition) is 0. The summed E-state index contributed by atoms with van der Waals surface area (Å²) in [5.41, 5.74) is 3.72. The van der Waals surface area contributed by atoms with E-state index in [9.17, 15) is 0 Å². The molecule has 17 heavy (non-hydrogen) atoms. The van der Waals surface area contributed by atoms with Gasteiger partial charge < -0.3 is 0 Å². The molecule has 0 saturated carbocycles. The summed E-state index contributed by atoms with van der Waals surface area (Å²) in [6.45, 7) is 2.09. The van der Waals surface area contributed by atoms with Gasteiger partial charge in [0.05, 0.1) is 0 Å². The molecule has 0 spiro atoms. The van der Waals surface area contributed by atoms with Crippen molar-refractivity contribution in [2.24, 2.45) is 0 Å². The van der Waals surface area contributed by atoms with Crippen LogP contribution in [0.4, 0.5) is 0 Å². The van der Waals surface area contributed by atoms with Crippen molar-refractivity contribution in [3.05, 3.63) is 68.7 Å². The van der Waals surface area contributed by atoms with E-state index < -0.39 is 0 Å². The van der Waals surface area contributed by atoms with E-state index in [4.69, 9.17) is 11.6 Å². The van der Waals surface area contributed by atoms with E-state index in [-0.39, 0.29) is 7.43 Å². The molecule has 0 N–H and O–H groups in total. The van der Waals surface area contributed by atoms with Crippen LogP contribution in [0.25, 0.3) is 0 Å². The minimum atomic E-state index is 0. The molecule has 0 bridgehead atoms. The van der Waals surface area contributed by atoms with Crippen molar-refractivity contribution in [2.45, 2.75) is 20.8 Å². The summed E-state index contributed by atoms with van der Waals surface area (Å²) in [5, 5.41) is 0.823. The monoisotopic (exact) mass is 310 g/mol. The Morgan fingerprint density at radius 1 is 1.06 bits per heavy atom. The van der Waals surface area contributed by atoms with Gasteiger partial charge >= 0.3 is 0 Å². The first-order valence-corrected chi connectivity index (χ1v) is 6.32. The van der Waals surface area contributed by atoms with Crippen LogP contribution in [0, 0.1) is 6.92 Å². The summed E-state index contributed by atoms with van der Waals surface area (Å²) in [5.74, 6) is 0. The van der Waals surface area contributed by atoms with Crippen LogP contribution in [0.2, 0.25) is 5.02 Å². The van der Waals surface area contributed by atoms with Gasteiger partial charge in [0.15, 0.2) is 0 Å². The van der Waals surface area contributed by atoms with Crippen molar-refractivity contribution in [2.75, 3.05) is 0 Å². The third kappa shape index (κ3) is 3.86. The maximum absolute atomic E-state index is 6.16. The second-order valence-corrected chi connectivity index (χ2v) is 5.22. The van der Waals surface area contributed by atoms with Gasteiger partial charge in [-0.3, -0.25) is 0 Å². The fraction of sp³-hybridized carbons (Fsp3) is 0.200. The Kier molecular flexibility index (Phi) is 5.23. The van der Waals surface area contributed by atoms with Crippen LogP contribution in [0.15, 0.2) is 46.9 Å². The van der Waals surface area contributed by atoms with Gasteiger partial charge in [0, 0.05) is 9.50 Å². The van der Waals surface area contributed by atoms with Gasteiger partial charge in [0.1, 0.15) is 0 Å². The molecular formula is C15H16BrCl. The quantitative estimate of drug-likeness (QED) is 0.673. The van der Waals surface area contributed by atoms with Crippen LogP contribution in [0.5, 0.6) is 0 Å². The molecule has 2 heteroatoms. The molecule has 2 aromatic rings. The lowest BCUT2D eigenvalue weighted by Gasteiger charge is -2.05. The lowest BCUT2D eigenvalue weighted by molar-refractivity contribution is 1.18. The van der Waals surface area contributed by atoms with Gasteiger partial charge in [-0.15, -0.1) is 0 Å². The van der Waals surface area contributed by atoms with Crippen molar-refractivity contribution in [3.8, 4) is 0 Å². The Balaban J connectivity index is 0.00000144. The predicted molar refractivity (Wildman–Crippen MR) is 79.9 cm³/mol. The number of halogens is 2. The van der Waals surface area contributed by atoms with E-state index in [1.807, 2.05) is 12.1 Å². The van der Waals surface area contributed by atoms with Crippen LogP contribution in [-0.4, -0.2) is 0 Å². The summed E-state index contributed by atoms with van der Waals surface area (Å²) in [4.78, 5) is 0. The third-order valence-corrected chi connectivity index (χ3v) is 3.38. The zero-order chi connectivity index (χ0) is 11.5. The normalized spacial score (nSPS) is 9.82. The van der Waals surface area contributed by atoms with Gasteiger partial charge in [-0.25, -0.2) is 0 Å². The minimum absolute atomic E-state index is 0. The van der Waals surface area contributed by atoms with Gasteiger partial charge in [-0.05, 0) is 42.7 Å². The smallest absolute Gasteiger partial charge is 0.0442 e. The maximum atomic E-state index is 6.16. The summed E-state index contributed by atoms with van der Waals surface area (Å²) in [7, 11) is 0. The molecule has 90 valence electrons. The summed E-state index contributed by atoms with van der Waals surface area (Å²) >= 11 is 9.62. The Bertz CT molecular complexity index is 489. The number of rotatable bonds is 2. The average Bonchev–Trinajstić information content (AvgIpc) is 2.27. The fourth-order valence-electron chi connectivity index (χ4n) is 1.60. The van der Waals surface area contributed by atoms with Crippen molar-refractivity contribution in [3.63, 3.8) is 0 Å². The third-order valence-electron chi connectivity index (χ3n) is 2.52. The number of hydrogen-bond donors (Lipinski definition) is 0. The van der Waals surface area contributed by atoms with E-state index in [0.717, 1.165) is 21.5 Å². The van der Waals surface area contributed by atoms with Crippen LogP contribution in [-0.2, 0) is 6.42 Å². The number of benzene rings is 2. The predicted octanol–water partition coefficient (Wildman–Crippen LogP) is 5.64. The lowest BCUT2D eigenvalue weighted by atomic mass is 10.0. The van der Waals surface area contributed by atoms with E-state index >= 15 is 0 Å². The van der Waals surface area contributed by atoms with Gasteiger partial charge in [-0.2, -0.15) is 0 Å². The zero-order valence-electron chi connectivity index (χ0n) is 9.00. The first-order valence-electron chi connectivity index (χ1n) is 5.14. The van der Waals surface area contributed by atoms with Crippen LogP contribution < -0.4 is 0 Å². The number of aryl methyl sites for hydroxylation is 1. The van der Waals surface area contributed by atoms with Crippen LogP contribution in [0.1, 0.15) is 24.1 Å². The molecule has 0 radical (unpaired) electrons. The molecule has 0 unspecified atom stereocenters. The summed E-state index contributed by atoms with van der Waals surface area (Å²) in [6, 6.07) is 14.5. The molecule has 0 aromatic heterocycles. The molecule has 0 aliphatic carbocycles. The van der Waals surface area contributed by atoms with Gasteiger partial charge in [-0.1, -0.05) is 64.8 Å². The SMILES string of the molecule is C.Cc1ccc(Cc2cc(Br)ccc2Cl)cc1. The minimum Gasteiger partial charge on any atom is -0.0840 e. The van der Waals surface area contributed by atoms with Gasteiger partial charge in [0.2, 0.25) is 0 Å². The summed E-state index contributed by atoms with van der Waals surface area (Å²) < 4.78 is 1.07. The highest BCUT2D eigenvalue weighted by molar-refractivity contribution is 9.10. The maximum Gasteiger partial charge on any atom is 0.0442 e.